The van der Waals surface area contributed by atoms with Crippen molar-refractivity contribution in [3.8, 4) is 0 Å². The number of esters is 1. The smallest absolute Gasteiger partial charge is 0.321 e. The Morgan fingerprint density at radius 1 is 1.64 bits per heavy atom. The van der Waals surface area contributed by atoms with E-state index in [1.807, 2.05) is 13.8 Å². The maximum Gasteiger partial charge on any atom is 0.321 e. The van der Waals surface area contributed by atoms with Gasteiger partial charge < -0.3 is 4.74 Å². The van der Waals surface area contributed by atoms with Gasteiger partial charge in [0.2, 0.25) is 0 Å². The van der Waals surface area contributed by atoms with Crippen LogP contribution >= 0.6 is 31.9 Å². The van der Waals surface area contributed by atoms with Crippen molar-refractivity contribution >= 4 is 37.8 Å². The molecule has 0 N–H and O–H groups in total. The summed E-state index contributed by atoms with van der Waals surface area (Å²) in [5.41, 5.74) is 0. The summed E-state index contributed by atoms with van der Waals surface area (Å²) in [6, 6.07) is 0. The van der Waals surface area contributed by atoms with Crippen LogP contribution in [0.4, 0.5) is 0 Å². The normalized spacial score (nSPS) is 14.3. The van der Waals surface area contributed by atoms with Gasteiger partial charge in [-0.1, -0.05) is 31.9 Å². The molecular weight excluding hydrogens is 276 g/mol. The maximum atomic E-state index is 11.1. The van der Waals surface area contributed by atoms with Crippen molar-refractivity contribution in [2.45, 2.75) is 29.9 Å². The summed E-state index contributed by atoms with van der Waals surface area (Å²) in [5.74, 6) is -0.227. The molecule has 0 saturated heterocycles. The molecule has 0 heterocycles. The number of hydrogen-bond acceptors (Lipinski definition) is 2. The third kappa shape index (κ3) is 4.11. The molecule has 0 rings (SSSR count). The molecule has 0 unspecified atom stereocenters. The number of carbonyl (C=O) groups is 1. The molecule has 0 saturated carbocycles. The van der Waals surface area contributed by atoms with Gasteiger partial charge in [0, 0.05) is 4.32 Å². The zero-order valence-electron chi connectivity index (χ0n) is 6.86. The van der Waals surface area contributed by atoms with Gasteiger partial charge in [0.1, 0.15) is 4.83 Å². The Balaban J connectivity index is 4.03. The zero-order valence-corrected chi connectivity index (χ0v) is 10.0. The van der Waals surface area contributed by atoms with Gasteiger partial charge in [-0.2, -0.15) is 0 Å². The van der Waals surface area contributed by atoms with Crippen LogP contribution in [0.2, 0.25) is 0 Å². The van der Waals surface area contributed by atoms with Crippen LogP contribution in [0.3, 0.4) is 0 Å². The molecule has 1 atom stereocenters. The van der Waals surface area contributed by atoms with Crippen molar-refractivity contribution in [2.24, 2.45) is 0 Å². The van der Waals surface area contributed by atoms with Gasteiger partial charge >= 0.3 is 5.97 Å². The molecule has 66 valence electrons. The topological polar surface area (TPSA) is 26.3 Å². The second kappa shape index (κ2) is 4.45. The van der Waals surface area contributed by atoms with E-state index in [2.05, 4.69) is 31.9 Å². The highest BCUT2D eigenvalue weighted by molar-refractivity contribution is 9.12. The van der Waals surface area contributed by atoms with Crippen molar-refractivity contribution in [1.29, 1.82) is 0 Å². The first-order chi connectivity index (χ1) is 4.89. The minimum atomic E-state index is -0.296. The monoisotopic (exact) mass is 286 g/mol. The lowest BCUT2D eigenvalue weighted by atomic mass is 10.1. The number of hydrogen-bond donors (Lipinski definition) is 0. The average molecular weight is 288 g/mol. The Bertz CT molecular complexity index is 140. The lowest BCUT2D eigenvalue weighted by molar-refractivity contribution is -0.142. The fourth-order valence-electron chi connectivity index (χ4n) is 0.496. The first-order valence-electron chi connectivity index (χ1n) is 3.39. The van der Waals surface area contributed by atoms with Gasteiger partial charge in [0.15, 0.2) is 0 Å². The van der Waals surface area contributed by atoms with Gasteiger partial charge in [-0.05, 0) is 20.8 Å². The summed E-state index contributed by atoms with van der Waals surface area (Å²) in [5, 5.41) is 0. The van der Waals surface area contributed by atoms with Crippen LogP contribution in [0.25, 0.3) is 0 Å². The molecule has 0 aliphatic heterocycles. The molecule has 4 heteroatoms. The van der Waals surface area contributed by atoms with E-state index in [4.69, 9.17) is 4.74 Å². The number of ether oxygens (including phenoxy) is 1. The molecule has 0 aromatic heterocycles. The van der Waals surface area contributed by atoms with Crippen molar-refractivity contribution < 1.29 is 9.53 Å². The molecule has 0 bridgehead atoms. The Morgan fingerprint density at radius 2 is 2.09 bits per heavy atom. The van der Waals surface area contributed by atoms with Gasteiger partial charge in [-0.3, -0.25) is 4.79 Å². The number of rotatable bonds is 3. The predicted molar refractivity (Wildman–Crippen MR) is 52.4 cm³/mol. The lowest BCUT2D eigenvalue weighted by Gasteiger charge is -2.21. The Labute approximate surface area is 83.9 Å². The molecule has 0 amide bonds. The summed E-state index contributed by atoms with van der Waals surface area (Å²) >= 11 is 6.61. The minimum absolute atomic E-state index is 0.227. The van der Waals surface area contributed by atoms with Crippen LogP contribution in [0.1, 0.15) is 20.8 Å². The fraction of sp³-hybridized carbons (Fsp3) is 0.857. The van der Waals surface area contributed by atoms with Crippen LogP contribution in [-0.4, -0.2) is 21.7 Å². The highest BCUT2D eigenvalue weighted by Gasteiger charge is 2.31. The van der Waals surface area contributed by atoms with Crippen LogP contribution in [0, 0.1) is 0 Å². The molecule has 0 aliphatic rings. The molecule has 0 aliphatic carbocycles. The molecular formula is C7H12Br2O2. The quantitative estimate of drug-likeness (QED) is 0.589. The zero-order chi connectivity index (χ0) is 9.07. The minimum Gasteiger partial charge on any atom is -0.465 e. The molecule has 0 aromatic rings. The summed E-state index contributed by atoms with van der Waals surface area (Å²) < 4.78 is 4.55. The van der Waals surface area contributed by atoms with E-state index in [1.165, 1.54) is 0 Å². The van der Waals surface area contributed by atoms with Crippen LogP contribution in [-0.2, 0) is 9.53 Å². The standard InChI is InChI=1S/C7H12Br2O2/c1-4-11-6(10)5(8)7(2,3)9/h5H,4H2,1-3H3/t5-/m0/s1. The molecule has 11 heavy (non-hydrogen) atoms. The first-order valence-corrected chi connectivity index (χ1v) is 5.10. The lowest BCUT2D eigenvalue weighted by Crippen LogP contribution is -2.33. The van der Waals surface area contributed by atoms with Gasteiger partial charge in [0.05, 0.1) is 6.61 Å². The van der Waals surface area contributed by atoms with Gasteiger partial charge in [-0.15, -0.1) is 0 Å². The molecule has 2 nitrogen and oxygen atoms in total. The molecule has 0 spiro atoms. The molecule has 0 fully saturated rings. The first kappa shape index (κ1) is 11.4. The highest BCUT2D eigenvalue weighted by Crippen LogP contribution is 2.27. The largest absolute Gasteiger partial charge is 0.465 e. The predicted octanol–water partition coefficient (Wildman–Crippen LogP) is 2.49. The fourth-order valence-corrected chi connectivity index (χ4v) is 0.815. The number of alkyl halides is 2. The highest BCUT2D eigenvalue weighted by atomic mass is 79.9. The average Bonchev–Trinajstić information content (AvgIpc) is 1.85. The van der Waals surface area contributed by atoms with Crippen molar-refractivity contribution in [1.82, 2.24) is 0 Å². The van der Waals surface area contributed by atoms with E-state index in [1.54, 1.807) is 6.92 Å². The van der Waals surface area contributed by atoms with E-state index in [9.17, 15) is 4.79 Å². The second-order valence-corrected chi connectivity index (χ2v) is 5.64. The summed E-state index contributed by atoms with van der Waals surface area (Å²) in [7, 11) is 0. The summed E-state index contributed by atoms with van der Waals surface area (Å²) in [4.78, 5) is 10.8. The summed E-state index contributed by atoms with van der Waals surface area (Å²) in [6.07, 6.45) is 0. The van der Waals surface area contributed by atoms with Gasteiger partial charge in [-0.25, -0.2) is 0 Å². The third-order valence-corrected chi connectivity index (χ3v) is 3.69. The number of carbonyl (C=O) groups excluding carboxylic acids is 1. The third-order valence-electron chi connectivity index (χ3n) is 1.10. The second-order valence-electron chi connectivity index (χ2n) is 2.68. The van der Waals surface area contributed by atoms with Crippen LogP contribution in [0.15, 0.2) is 0 Å². The SMILES string of the molecule is CCOC(=O)[C@H](Br)C(C)(C)Br. The molecule has 0 aromatic carbocycles. The van der Waals surface area contributed by atoms with E-state index >= 15 is 0 Å². The maximum absolute atomic E-state index is 11.1. The van der Waals surface area contributed by atoms with E-state index in [-0.39, 0.29) is 15.1 Å². The van der Waals surface area contributed by atoms with Crippen molar-refractivity contribution in [3.05, 3.63) is 0 Å². The van der Waals surface area contributed by atoms with Gasteiger partial charge in [0.25, 0.3) is 0 Å². The Hall–Kier alpha value is 0.430. The summed E-state index contributed by atoms with van der Waals surface area (Å²) in [6.45, 7) is 6.02. The van der Waals surface area contributed by atoms with Crippen molar-refractivity contribution in [2.75, 3.05) is 6.61 Å². The van der Waals surface area contributed by atoms with E-state index < -0.39 is 0 Å². The van der Waals surface area contributed by atoms with Crippen molar-refractivity contribution in [3.63, 3.8) is 0 Å². The van der Waals surface area contributed by atoms with Crippen LogP contribution < -0.4 is 0 Å². The Morgan fingerprint density at radius 3 is 2.36 bits per heavy atom. The molecule has 0 radical (unpaired) electrons. The van der Waals surface area contributed by atoms with E-state index in [0.717, 1.165) is 0 Å². The Kier molecular flexibility index (Phi) is 4.63. The van der Waals surface area contributed by atoms with Crippen LogP contribution in [0.5, 0.6) is 0 Å². The van der Waals surface area contributed by atoms with E-state index in [0.29, 0.717) is 6.61 Å². The number of halogens is 2.